The molecule has 0 spiro atoms. The fraction of sp³-hybridized carbons (Fsp3) is 0.481. The quantitative estimate of drug-likeness (QED) is 0.287. The van der Waals surface area contributed by atoms with E-state index in [9.17, 15) is 14.7 Å². The summed E-state index contributed by atoms with van der Waals surface area (Å²) in [6.45, 7) is 5.51. The van der Waals surface area contributed by atoms with Crippen molar-refractivity contribution in [2.75, 3.05) is 44.9 Å². The molecular weight excluding hydrogens is 482 g/mol. The molecule has 198 valence electrons. The SMILES string of the molecule is CCCSCCCN(CCOc1ccc(CC(OCC)C(=O)O)cc1)C(=O)Oc1ccc(OC)cc1. The van der Waals surface area contributed by atoms with Crippen molar-refractivity contribution < 1.29 is 33.6 Å². The van der Waals surface area contributed by atoms with E-state index < -0.39 is 18.2 Å². The lowest BCUT2D eigenvalue weighted by atomic mass is 10.1. The van der Waals surface area contributed by atoms with Crippen molar-refractivity contribution in [1.82, 2.24) is 4.90 Å². The van der Waals surface area contributed by atoms with Crippen LogP contribution in [0, 0.1) is 0 Å². The number of carbonyl (C=O) groups is 2. The van der Waals surface area contributed by atoms with E-state index in [0.717, 1.165) is 29.9 Å². The summed E-state index contributed by atoms with van der Waals surface area (Å²) in [6.07, 6.45) is 0.979. The lowest BCUT2D eigenvalue weighted by molar-refractivity contribution is -0.149. The molecule has 1 unspecified atom stereocenters. The molecule has 0 heterocycles. The van der Waals surface area contributed by atoms with Crippen LogP contribution in [-0.2, 0) is 16.0 Å². The summed E-state index contributed by atoms with van der Waals surface area (Å²) in [5.74, 6) is 2.88. The summed E-state index contributed by atoms with van der Waals surface area (Å²) in [5.41, 5.74) is 0.845. The van der Waals surface area contributed by atoms with Gasteiger partial charge in [-0.05, 0) is 73.2 Å². The molecule has 8 nitrogen and oxygen atoms in total. The number of thioether (sulfide) groups is 1. The van der Waals surface area contributed by atoms with E-state index in [2.05, 4.69) is 6.92 Å². The Labute approximate surface area is 217 Å². The number of amides is 1. The number of aliphatic carboxylic acids is 1. The predicted molar refractivity (Wildman–Crippen MR) is 142 cm³/mol. The topological polar surface area (TPSA) is 94.5 Å². The minimum atomic E-state index is -0.980. The molecule has 1 atom stereocenters. The molecular formula is C27H37NO7S. The molecule has 0 saturated heterocycles. The summed E-state index contributed by atoms with van der Waals surface area (Å²) in [5, 5.41) is 9.25. The van der Waals surface area contributed by atoms with E-state index in [1.165, 1.54) is 0 Å². The van der Waals surface area contributed by atoms with Gasteiger partial charge in [-0.3, -0.25) is 0 Å². The van der Waals surface area contributed by atoms with Crippen molar-refractivity contribution in [3.63, 3.8) is 0 Å². The zero-order valence-corrected chi connectivity index (χ0v) is 22.1. The number of nitrogens with zero attached hydrogens (tertiary/aromatic N) is 1. The molecule has 0 aliphatic carbocycles. The van der Waals surface area contributed by atoms with E-state index in [0.29, 0.717) is 43.6 Å². The minimum absolute atomic E-state index is 0.282. The largest absolute Gasteiger partial charge is 0.497 e. The van der Waals surface area contributed by atoms with Gasteiger partial charge < -0.3 is 29.0 Å². The number of hydrogen-bond acceptors (Lipinski definition) is 7. The first kappa shape index (κ1) is 29.3. The van der Waals surface area contributed by atoms with Crippen molar-refractivity contribution in [2.24, 2.45) is 0 Å². The molecule has 2 aromatic rings. The van der Waals surface area contributed by atoms with Crippen LogP contribution in [0.4, 0.5) is 4.79 Å². The van der Waals surface area contributed by atoms with Gasteiger partial charge in [0.05, 0.1) is 13.7 Å². The fourth-order valence-corrected chi connectivity index (χ4v) is 4.16. The van der Waals surface area contributed by atoms with Crippen LogP contribution in [-0.4, -0.2) is 73.1 Å². The van der Waals surface area contributed by atoms with Crippen LogP contribution >= 0.6 is 11.8 Å². The third kappa shape index (κ3) is 10.8. The molecule has 0 aromatic heterocycles. The van der Waals surface area contributed by atoms with Gasteiger partial charge in [-0.25, -0.2) is 9.59 Å². The number of carbonyl (C=O) groups excluding carboxylic acids is 1. The van der Waals surface area contributed by atoms with Gasteiger partial charge in [-0.2, -0.15) is 11.8 Å². The average Bonchev–Trinajstić information content (AvgIpc) is 2.88. The van der Waals surface area contributed by atoms with E-state index in [4.69, 9.17) is 18.9 Å². The summed E-state index contributed by atoms with van der Waals surface area (Å²) >= 11 is 1.88. The van der Waals surface area contributed by atoms with Gasteiger partial charge in [0.25, 0.3) is 0 Å². The predicted octanol–water partition coefficient (Wildman–Crippen LogP) is 5.14. The molecule has 9 heteroatoms. The summed E-state index contributed by atoms with van der Waals surface area (Å²) in [7, 11) is 1.58. The van der Waals surface area contributed by atoms with Gasteiger partial charge in [0, 0.05) is 19.6 Å². The maximum Gasteiger partial charge on any atom is 0.415 e. The normalized spacial score (nSPS) is 11.5. The second kappa shape index (κ2) is 16.7. The molecule has 0 aliphatic rings. The Morgan fingerprint density at radius 1 is 0.944 bits per heavy atom. The Morgan fingerprint density at radius 3 is 2.22 bits per heavy atom. The van der Waals surface area contributed by atoms with E-state index in [1.807, 2.05) is 23.9 Å². The molecule has 0 bridgehead atoms. The Hall–Kier alpha value is -2.91. The van der Waals surface area contributed by atoms with Gasteiger partial charge in [0.2, 0.25) is 0 Å². The number of methoxy groups -OCH3 is 1. The summed E-state index contributed by atoms with van der Waals surface area (Å²) in [4.78, 5) is 25.8. The van der Waals surface area contributed by atoms with Crippen molar-refractivity contribution in [3.05, 3.63) is 54.1 Å². The smallest absolute Gasteiger partial charge is 0.415 e. The van der Waals surface area contributed by atoms with E-state index in [-0.39, 0.29) is 6.42 Å². The Morgan fingerprint density at radius 2 is 1.61 bits per heavy atom. The van der Waals surface area contributed by atoms with Crippen LogP contribution < -0.4 is 14.2 Å². The summed E-state index contributed by atoms with van der Waals surface area (Å²) < 4.78 is 21.8. The second-order valence-electron chi connectivity index (χ2n) is 7.98. The highest BCUT2D eigenvalue weighted by atomic mass is 32.2. The maximum absolute atomic E-state index is 12.8. The second-order valence-corrected chi connectivity index (χ2v) is 9.20. The van der Waals surface area contributed by atoms with Gasteiger partial charge in [-0.15, -0.1) is 0 Å². The van der Waals surface area contributed by atoms with Crippen LogP contribution in [0.3, 0.4) is 0 Å². The first-order valence-corrected chi connectivity index (χ1v) is 13.4. The van der Waals surface area contributed by atoms with Gasteiger partial charge >= 0.3 is 12.1 Å². The highest BCUT2D eigenvalue weighted by Gasteiger charge is 2.18. The lowest BCUT2D eigenvalue weighted by Gasteiger charge is -2.22. The standard InChI is InChI=1S/C27H37NO7S/c1-4-18-36-19-6-15-28(27(31)35-24-13-11-22(32-3)12-14-24)16-17-34-23-9-7-21(8-10-23)20-25(26(29)30)33-5-2/h7-14,25H,4-6,15-20H2,1-3H3,(H,29,30). The molecule has 1 N–H and O–H groups in total. The molecule has 2 rings (SSSR count). The van der Waals surface area contributed by atoms with Crippen LogP contribution in [0.5, 0.6) is 17.2 Å². The number of hydrogen-bond donors (Lipinski definition) is 1. The van der Waals surface area contributed by atoms with Gasteiger partial charge in [0.1, 0.15) is 23.9 Å². The Bertz CT molecular complexity index is 905. The fourth-order valence-electron chi connectivity index (χ4n) is 3.34. The zero-order chi connectivity index (χ0) is 26.2. The van der Waals surface area contributed by atoms with Crippen LogP contribution in [0.1, 0.15) is 32.3 Å². The molecule has 1 amide bonds. The molecule has 0 aliphatic heterocycles. The Kier molecular flexibility index (Phi) is 13.6. The number of ether oxygens (including phenoxy) is 4. The van der Waals surface area contributed by atoms with Gasteiger partial charge in [-0.1, -0.05) is 19.1 Å². The number of carboxylic acid groups (broad SMARTS) is 1. The van der Waals surface area contributed by atoms with Crippen LogP contribution in [0.25, 0.3) is 0 Å². The Balaban J connectivity index is 1.90. The van der Waals surface area contributed by atoms with Crippen molar-refractivity contribution in [1.29, 1.82) is 0 Å². The van der Waals surface area contributed by atoms with Crippen LogP contribution in [0.2, 0.25) is 0 Å². The van der Waals surface area contributed by atoms with Crippen molar-refractivity contribution >= 4 is 23.8 Å². The first-order valence-electron chi connectivity index (χ1n) is 12.2. The highest BCUT2D eigenvalue weighted by molar-refractivity contribution is 7.99. The van der Waals surface area contributed by atoms with Crippen molar-refractivity contribution in [2.45, 2.75) is 39.2 Å². The minimum Gasteiger partial charge on any atom is -0.497 e. The first-order chi connectivity index (χ1) is 17.5. The van der Waals surface area contributed by atoms with E-state index in [1.54, 1.807) is 55.3 Å². The summed E-state index contributed by atoms with van der Waals surface area (Å²) in [6, 6.07) is 14.1. The molecule has 2 aromatic carbocycles. The molecule has 36 heavy (non-hydrogen) atoms. The number of carboxylic acids is 1. The van der Waals surface area contributed by atoms with Crippen LogP contribution in [0.15, 0.2) is 48.5 Å². The van der Waals surface area contributed by atoms with Gasteiger partial charge in [0.15, 0.2) is 6.10 Å². The molecule has 0 saturated carbocycles. The maximum atomic E-state index is 12.8. The molecule has 0 radical (unpaired) electrons. The zero-order valence-electron chi connectivity index (χ0n) is 21.3. The monoisotopic (exact) mass is 519 g/mol. The van der Waals surface area contributed by atoms with Crippen molar-refractivity contribution in [3.8, 4) is 17.2 Å². The van der Waals surface area contributed by atoms with E-state index >= 15 is 0 Å². The third-order valence-corrected chi connectivity index (χ3v) is 6.48. The number of rotatable bonds is 17. The third-order valence-electron chi connectivity index (χ3n) is 5.21. The molecule has 0 fully saturated rings. The number of benzene rings is 2. The average molecular weight is 520 g/mol. The lowest BCUT2D eigenvalue weighted by Crippen LogP contribution is -2.37. The highest BCUT2D eigenvalue weighted by Crippen LogP contribution is 2.19.